The molecule has 3 rings (SSSR count). The summed E-state index contributed by atoms with van der Waals surface area (Å²) >= 11 is 3.13. The molecule has 1 saturated heterocycles. The Balaban J connectivity index is 2.07. The second kappa shape index (κ2) is 4.90. The first-order valence-corrected chi connectivity index (χ1v) is 6.60. The first-order chi connectivity index (χ1) is 9.52. The van der Waals surface area contributed by atoms with Crippen molar-refractivity contribution in [3.63, 3.8) is 0 Å². The summed E-state index contributed by atoms with van der Waals surface area (Å²) < 4.78 is 7.14. The number of ether oxygens (including phenoxy) is 1. The smallest absolute Gasteiger partial charge is 0.200 e. The summed E-state index contributed by atoms with van der Waals surface area (Å²) in [6.45, 7) is -0.401. The monoisotopic (exact) mass is 345 g/mol. The van der Waals surface area contributed by atoms with Crippen molar-refractivity contribution < 1.29 is 20.1 Å². The van der Waals surface area contributed by atoms with Crippen LogP contribution in [-0.2, 0) is 4.74 Å². The van der Waals surface area contributed by atoms with Gasteiger partial charge in [-0.05, 0) is 15.9 Å². The van der Waals surface area contributed by atoms with Crippen LogP contribution in [0.15, 0.2) is 11.1 Å². The number of nitrogen functional groups attached to an aromatic ring is 1. The van der Waals surface area contributed by atoms with Crippen LogP contribution < -0.4 is 5.73 Å². The molecule has 0 unspecified atom stereocenters. The molecule has 4 atom stereocenters. The molecule has 0 spiro atoms. The quantitative estimate of drug-likeness (QED) is 0.496. The highest BCUT2D eigenvalue weighted by atomic mass is 79.9. The van der Waals surface area contributed by atoms with Crippen molar-refractivity contribution >= 4 is 32.9 Å². The molecule has 0 aliphatic carbocycles. The molecule has 0 saturated carbocycles. The number of hydrogen-bond acceptors (Lipinski definition) is 8. The van der Waals surface area contributed by atoms with Crippen LogP contribution in [-0.4, -0.2) is 59.8 Å². The standard InChI is InChI=1S/C10H12BrN5O4/c11-10-14-7(12)4-8(15-10)16(2-13-4)9-6(19)5(18)3(1-17)20-9/h2-3,5-6,9,17-19H,1H2,(H2,12,14,15)/t3-,5-,6+,9-/m1/s1. The Labute approximate surface area is 121 Å². The van der Waals surface area contributed by atoms with Crippen LogP contribution in [0, 0.1) is 0 Å². The van der Waals surface area contributed by atoms with E-state index < -0.39 is 31.1 Å². The highest BCUT2D eigenvalue weighted by molar-refractivity contribution is 9.10. The summed E-state index contributed by atoms with van der Waals surface area (Å²) in [6.07, 6.45) is -2.78. The molecule has 0 radical (unpaired) electrons. The molecule has 1 fully saturated rings. The highest BCUT2D eigenvalue weighted by Gasteiger charge is 2.44. The summed E-state index contributed by atoms with van der Waals surface area (Å²) in [5.41, 5.74) is 6.46. The molecule has 10 heteroatoms. The van der Waals surface area contributed by atoms with Gasteiger partial charge in [0.1, 0.15) is 23.8 Å². The van der Waals surface area contributed by atoms with Gasteiger partial charge in [-0.1, -0.05) is 0 Å². The number of imidazole rings is 1. The van der Waals surface area contributed by atoms with E-state index in [1.165, 1.54) is 10.9 Å². The molecule has 0 amide bonds. The molecule has 2 aromatic rings. The third kappa shape index (κ3) is 1.96. The van der Waals surface area contributed by atoms with Gasteiger partial charge in [0, 0.05) is 0 Å². The molecule has 1 aliphatic rings. The summed E-state index contributed by atoms with van der Waals surface area (Å²) in [4.78, 5) is 12.1. The normalized spacial score (nSPS) is 30.2. The second-order valence-electron chi connectivity index (χ2n) is 4.43. The fourth-order valence-corrected chi connectivity index (χ4v) is 2.57. The lowest BCUT2D eigenvalue weighted by Crippen LogP contribution is -2.33. The molecule has 1 aliphatic heterocycles. The first kappa shape index (κ1) is 13.6. The molecule has 20 heavy (non-hydrogen) atoms. The predicted octanol–water partition coefficient (Wildman–Crippen LogP) is -1.22. The lowest BCUT2D eigenvalue weighted by molar-refractivity contribution is -0.0511. The Morgan fingerprint density at radius 2 is 2.10 bits per heavy atom. The summed E-state index contributed by atoms with van der Waals surface area (Å²) in [5.74, 6) is 0.187. The van der Waals surface area contributed by atoms with Crippen LogP contribution in [0.4, 0.5) is 5.82 Å². The van der Waals surface area contributed by atoms with Gasteiger partial charge in [-0.2, -0.15) is 0 Å². The van der Waals surface area contributed by atoms with Crippen molar-refractivity contribution in [1.29, 1.82) is 0 Å². The Morgan fingerprint density at radius 3 is 2.75 bits per heavy atom. The molecule has 108 valence electrons. The van der Waals surface area contributed by atoms with Gasteiger partial charge in [-0.15, -0.1) is 0 Å². The van der Waals surface area contributed by atoms with Crippen LogP contribution in [0.3, 0.4) is 0 Å². The van der Waals surface area contributed by atoms with Crippen LogP contribution in [0.25, 0.3) is 11.2 Å². The van der Waals surface area contributed by atoms with Gasteiger partial charge in [-0.25, -0.2) is 15.0 Å². The summed E-state index contributed by atoms with van der Waals surface area (Å²) in [7, 11) is 0. The number of aromatic nitrogens is 4. The molecular formula is C10H12BrN5O4. The molecule has 0 bridgehead atoms. The number of nitrogens with zero attached hydrogens (tertiary/aromatic N) is 4. The highest BCUT2D eigenvalue weighted by Crippen LogP contribution is 2.32. The minimum atomic E-state index is -1.21. The molecule has 9 nitrogen and oxygen atoms in total. The maximum Gasteiger partial charge on any atom is 0.200 e. The van der Waals surface area contributed by atoms with E-state index in [4.69, 9.17) is 15.6 Å². The average molecular weight is 346 g/mol. The summed E-state index contributed by atoms with van der Waals surface area (Å²) in [6, 6.07) is 0. The maximum absolute atomic E-state index is 10.0. The molecule has 3 heterocycles. The van der Waals surface area contributed by atoms with Crippen molar-refractivity contribution in [1.82, 2.24) is 19.5 Å². The summed E-state index contributed by atoms with van der Waals surface area (Å²) in [5, 5.41) is 28.9. The van der Waals surface area contributed by atoms with E-state index in [1.54, 1.807) is 0 Å². The van der Waals surface area contributed by atoms with Crippen LogP contribution >= 0.6 is 15.9 Å². The third-order valence-corrected chi connectivity index (χ3v) is 3.57. The Hall–Kier alpha value is -1.33. The van der Waals surface area contributed by atoms with Crippen LogP contribution in [0.1, 0.15) is 6.23 Å². The van der Waals surface area contributed by atoms with Gasteiger partial charge >= 0.3 is 0 Å². The Bertz CT molecular complexity index is 650. The van der Waals surface area contributed by atoms with Gasteiger partial charge < -0.3 is 25.8 Å². The van der Waals surface area contributed by atoms with E-state index >= 15 is 0 Å². The van der Waals surface area contributed by atoms with E-state index in [1.807, 2.05) is 0 Å². The molecule has 2 aromatic heterocycles. The Kier molecular flexibility index (Phi) is 3.34. The lowest BCUT2D eigenvalue weighted by atomic mass is 10.1. The number of aliphatic hydroxyl groups excluding tert-OH is 3. The minimum absolute atomic E-state index is 0.187. The molecular weight excluding hydrogens is 334 g/mol. The predicted molar refractivity (Wildman–Crippen MR) is 70.4 cm³/mol. The largest absolute Gasteiger partial charge is 0.394 e. The average Bonchev–Trinajstić information content (AvgIpc) is 2.93. The topological polar surface area (TPSA) is 140 Å². The third-order valence-electron chi connectivity index (χ3n) is 3.21. The second-order valence-corrected chi connectivity index (χ2v) is 5.14. The van der Waals surface area contributed by atoms with E-state index in [0.29, 0.717) is 11.2 Å². The van der Waals surface area contributed by atoms with Crippen molar-refractivity contribution in [3.05, 3.63) is 11.1 Å². The van der Waals surface area contributed by atoms with Crippen molar-refractivity contribution in [2.45, 2.75) is 24.5 Å². The van der Waals surface area contributed by atoms with Crippen molar-refractivity contribution in [2.75, 3.05) is 12.3 Å². The fourth-order valence-electron chi connectivity index (χ4n) is 2.21. The number of aliphatic hydroxyl groups is 3. The SMILES string of the molecule is Nc1nc(Br)nc2c1ncn2[C@@H]1O[C@H](CO)[C@@H](O)[C@@H]1O. The number of hydrogen-bond donors (Lipinski definition) is 4. The van der Waals surface area contributed by atoms with E-state index in [9.17, 15) is 10.2 Å². The number of anilines is 1. The zero-order valence-corrected chi connectivity index (χ0v) is 11.7. The lowest BCUT2D eigenvalue weighted by Gasteiger charge is -2.16. The zero-order chi connectivity index (χ0) is 14.4. The first-order valence-electron chi connectivity index (χ1n) is 5.81. The number of halogens is 1. The van der Waals surface area contributed by atoms with Crippen LogP contribution in [0.5, 0.6) is 0 Å². The van der Waals surface area contributed by atoms with E-state index in [0.717, 1.165) is 0 Å². The Morgan fingerprint density at radius 1 is 1.35 bits per heavy atom. The van der Waals surface area contributed by atoms with Crippen molar-refractivity contribution in [3.8, 4) is 0 Å². The minimum Gasteiger partial charge on any atom is -0.394 e. The van der Waals surface area contributed by atoms with E-state index in [2.05, 4.69) is 30.9 Å². The number of rotatable bonds is 2. The van der Waals surface area contributed by atoms with Crippen LogP contribution in [0.2, 0.25) is 0 Å². The van der Waals surface area contributed by atoms with Gasteiger partial charge in [0.05, 0.1) is 12.9 Å². The van der Waals surface area contributed by atoms with E-state index in [-0.39, 0.29) is 10.6 Å². The molecule has 5 N–H and O–H groups in total. The number of nitrogens with two attached hydrogens (primary N) is 1. The maximum atomic E-state index is 10.0. The van der Waals surface area contributed by atoms with Gasteiger partial charge in [-0.3, -0.25) is 4.57 Å². The molecule has 0 aromatic carbocycles. The zero-order valence-electron chi connectivity index (χ0n) is 10.1. The van der Waals surface area contributed by atoms with Crippen molar-refractivity contribution in [2.24, 2.45) is 0 Å². The number of fused-ring (bicyclic) bond motifs is 1. The van der Waals surface area contributed by atoms with Gasteiger partial charge in [0.2, 0.25) is 4.73 Å². The van der Waals surface area contributed by atoms with Gasteiger partial charge in [0.25, 0.3) is 0 Å². The van der Waals surface area contributed by atoms with Gasteiger partial charge in [0.15, 0.2) is 17.7 Å². The fraction of sp³-hybridized carbons (Fsp3) is 0.500.